The molecular formula is C27H27N5OS. The van der Waals surface area contributed by atoms with Crippen molar-refractivity contribution in [2.45, 2.75) is 52.2 Å². The first-order chi connectivity index (χ1) is 16.7. The molecule has 0 spiro atoms. The Kier molecular flexibility index (Phi) is 5.41. The highest BCUT2D eigenvalue weighted by Gasteiger charge is 2.22. The van der Waals surface area contributed by atoms with E-state index in [0.29, 0.717) is 19.0 Å². The lowest BCUT2D eigenvalue weighted by Crippen LogP contribution is -2.25. The van der Waals surface area contributed by atoms with Gasteiger partial charge in [0, 0.05) is 18.0 Å². The number of imidazole rings is 1. The van der Waals surface area contributed by atoms with Gasteiger partial charge in [0.15, 0.2) is 0 Å². The first-order valence-corrected chi connectivity index (χ1v) is 12.8. The quantitative estimate of drug-likeness (QED) is 0.363. The first-order valence-electron chi connectivity index (χ1n) is 12.0. The van der Waals surface area contributed by atoms with E-state index < -0.39 is 0 Å². The zero-order valence-electron chi connectivity index (χ0n) is 19.3. The topological polar surface area (TPSA) is 64.7 Å². The normalized spacial score (nSPS) is 13.4. The van der Waals surface area contributed by atoms with Crippen molar-refractivity contribution in [3.8, 4) is 0 Å². The smallest absolute Gasteiger partial charge is 0.263 e. The van der Waals surface area contributed by atoms with Crippen LogP contribution in [0.15, 0.2) is 59.4 Å². The van der Waals surface area contributed by atoms with Gasteiger partial charge < -0.3 is 9.88 Å². The highest BCUT2D eigenvalue weighted by atomic mass is 32.1. The Morgan fingerprint density at radius 2 is 1.76 bits per heavy atom. The monoisotopic (exact) mass is 469 g/mol. The summed E-state index contributed by atoms with van der Waals surface area (Å²) in [7, 11) is 0. The summed E-state index contributed by atoms with van der Waals surface area (Å²) in [5.74, 6) is 1.55. The number of fused-ring (bicyclic) bond motifs is 4. The number of rotatable bonds is 6. The van der Waals surface area contributed by atoms with Gasteiger partial charge in [-0.25, -0.2) is 9.97 Å². The molecule has 2 aromatic carbocycles. The van der Waals surface area contributed by atoms with E-state index in [-0.39, 0.29) is 5.56 Å². The molecule has 0 fully saturated rings. The Hall–Kier alpha value is -3.45. The van der Waals surface area contributed by atoms with Crippen molar-refractivity contribution in [3.63, 3.8) is 0 Å². The van der Waals surface area contributed by atoms with Crippen molar-refractivity contribution >= 4 is 38.5 Å². The lowest BCUT2D eigenvalue weighted by atomic mass is 9.97. The van der Waals surface area contributed by atoms with Gasteiger partial charge in [-0.05, 0) is 55.9 Å². The number of benzene rings is 2. The summed E-state index contributed by atoms with van der Waals surface area (Å²) >= 11 is 1.69. The van der Waals surface area contributed by atoms with Crippen LogP contribution in [0.5, 0.6) is 0 Å². The number of aryl methyl sites for hydroxylation is 2. The first kappa shape index (κ1) is 21.1. The Balaban J connectivity index is 1.38. The molecule has 7 heteroatoms. The molecule has 1 aliphatic rings. The van der Waals surface area contributed by atoms with Crippen molar-refractivity contribution in [3.05, 3.63) is 86.8 Å². The third kappa shape index (κ3) is 3.60. The van der Waals surface area contributed by atoms with Crippen LogP contribution in [0, 0.1) is 0 Å². The predicted molar refractivity (Wildman–Crippen MR) is 139 cm³/mol. The standard InChI is InChI=1S/C27H27N5OS/c1-2-31-26(33)24-19-12-6-9-15-22(19)34-25(24)30-27(31)28-16-23-29-20-13-7-8-14-21(20)32(23)17-18-10-4-3-5-11-18/h3-5,7-8,10-11,13-14H,2,6,9,12,15-17H2,1H3,(H,28,30). The second kappa shape index (κ2) is 8.72. The summed E-state index contributed by atoms with van der Waals surface area (Å²) in [5.41, 5.74) is 4.61. The molecule has 1 N–H and O–H groups in total. The van der Waals surface area contributed by atoms with Gasteiger partial charge in [-0.3, -0.25) is 9.36 Å². The zero-order chi connectivity index (χ0) is 23.1. The van der Waals surface area contributed by atoms with Crippen LogP contribution in [-0.4, -0.2) is 19.1 Å². The summed E-state index contributed by atoms with van der Waals surface area (Å²) in [4.78, 5) is 25.5. The van der Waals surface area contributed by atoms with Gasteiger partial charge in [0.05, 0.1) is 23.0 Å². The molecule has 0 bridgehead atoms. The van der Waals surface area contributed by atoms with Gasteiger partial charge >= 0.3 is 0 Å². The molecule has 0 atom stereocenters. The highest BCUT2D eigenvalue weighted by Crippen LogP contribution is 2.34. The molecule has 0 saturated carbocycles. The molecule has 0 unspecified atom stereocenters. The molecule has 34 heavy (non-hydrogen) atoms. The third-order valence-electron chi connectivity index (χ3n) is 6.71. The van der Waals surface area contributed by atoms with Crippen LogP contribution >= 0.6 is 11.3 Å². The van der Waals surface area contributed by atoms with E-state index in [4.69, 9.17) is 9.97 Å². The Morgan fingerprint density at radius 3 is 2.62 bits per heavy atom. The van der Waals surface area contributed by atoms with Gasteiger partial charge in [-0.15, -0.1) is 11.3 Å². The molecular weight excluding hydrogens is 442 g/mol. The number of hydrogen-bond donors (Lipinski definition) is 1. The minimum Gasteiger partial charge on any atom is -0.348 e. The number of hydrogen-bond acceptors (Lipinski definition) is 5. The predicted octanol–water partition coefficient (Wildman–Crippen LogP) is 5.37. The fraction of sp³-hybridized carbons (Fsp3) is 0.296. The van der Waals surface area contributed by atoms with Crippen molar-refractivity contribution in [2.24, 2.45) is 0 Å². The summed E-state index contributed by atoms with van der Waals surface area (Å²) in [6.45, 7) is 3.81. The van der Waals surface area contributed by atoms with Crippen LogP contribution in [0.1, 0.15) is 41.6 Å². The van der Waals surface area contributed by atoms with Crippen LogP contribution < -0.4 is 10.9 Å². The summed E-state index contributed by atoms with van der Waals surface area (Å²) in [6, 6.07) is 18.6. The summed E-state index contributed by atoms with van der Waals surface area (Å²) < 4.78 is 4.02. The third-order valence-corrected chi connectivity index (χ3v) is 7.90. The van der Waals surface area contributed by atoms with Crippen LogP contribution in [0.4, 0.5) is 5.95 Å². The maximum absolute atomic E-state index is 13.4. The van der Waals surface area contributed by atoms with E-state index >= 15 is 0 Å². The molecule has 172 valence electrons. The molecule has 5 aromatic rings. The van der Waals surface area contributed by atoms with Crippen molar-refractivity contribution in [1.82, 2.24) is 19.1 Å². The molecule has 3 heterocycles. The van der Waals surface area contributed by atoms with Gasteiger partial charge in [0.2, 0.25) is 5.95 Å². The number of para-hydroxylation sites is 2. The second-order valence-electron chi connectivity index (χ2n) is 8.82. The number of anilines is 1. The van der Waals surface area contributed by atoms with Crippen LogP contribution in [0.3, 0.4) is 0 Å². The van der Waals surface area contributed by atoms with E-state index in [1.54, 1.807) is 15.9 Å². The molecule has 0 amide bonds. The van der Waals surface area contributed by atoms with Gasteiger partial charge in [-0.2, -0.15) is 0 Å². The number of aromatic nitrogens is 4. The van der Waals surface area contributed by atoms with Crippen LogP contribution in [0.25, 0.3) is 21.3 Å². The fourth-order valence-electron chi connectivity index (χ4n) is 5.03. The molecule has 6 rings (SSSR count). The highest BCUT2D eigenvalue weighted by molar-refractivity contribution is 7.18. The van der Waals surface area contributed by atoms with Gasteiger partial charge in [0.1, 0.15) is 10.7 Å². The minimum absolute atomic E-state index is 0.0761. The minimum atomic E-state index is 0.0761. The SMILES string of the molecule is CCn1c(NCc2nc3ccccc3n2Cc2ccccc2)nc2sc3c(c2c1=O)CCCC3. The molecule has 6 nitrogen and oxygen atoms in total. The lowest BCUT2D eigenvalue weighted by Gasteiger charge is -2.14. The van der Waals surface area contributed by atoms with Crippen LogP contribution in [0.2, 0.25) is 0 Å². The van der Waals surface area contributed by atoms with Gasteiger partial charge in [-0.1, -0.05) is 42.5 Å². The van der Waals surface area contributed by atoms with Gasteiger partial charge in [0.25, 0.3) is 5.56 Å². The maximum Gasteiger partial charge on any atom is 0.263 e. The van der Waals surface area contributed by atoms with E-state index in [2.05, 4.69) is 40.2 Å². The number of thiophene rings is 1. The number of nitrogens with one attached hydrogen (secondary N) is 1. The Bertz CT molecular complexity index is 1550. The largest absolute Gasteiger partial charge is 0.348 e. The van der Waals surface area contributed by atoms with Crippen LogP contribution in [-0.2, 0) is 32.5 Å². The maximum atomic E-state index is 13.4. The molecule has 0 saturated heterocycles. The molecule has 1 aliphatic carbocycles. The second-order valence-corrected chi connectivity index (χ2v) is 9.90. The zero-order valence-corrected chi connectivity index (χ0v) is 20.1. The molecule has 0 aliphatic heterocycles. The Labute approximate surface area is 201 Å². The number of nitrogens with zero attached hydrogens (tertiary/aromatic N) is 4. The lowest BCUT2D eigenvalue weighted by molar-refractivity contribution is 0.693. The average molecular weight is 470 g/mol. The van der Waals surface area contributed by atoms with Crippen molar-refractivity contribution in [2.75, 3.05) is 5.32 Å². The van der Waals surface area contributed by atoms with E-state index in [1.165, 1.54) is 22.4 Å². The summed E-state index contributed by atoms with van der Waals surface area (Å²) in [6.07, 6.45) is 4.41. The average Bonchev–Trinajstić information content (AvgIpc) is 3.41. The molecule has 0 radical (unpaired) electrons. The molecule has 3 aromatic heterocycles. The van der Waals surface area contributed by atoms with E-state index in [1.807, 2.05) is 31.2 Å². The fourth-order valence-corrected chi connectivity index (χ4v) is 6.28. The van der Waals surface area contributed by atoms with Crippen molar-refractivity contribution < 1.29 is 0 Å². The van der Waals surface area contributed by atoms with E-state index in [0.717, 1.165) is 52.9 Å². The van der Waals surface area contributed by atoms with E-state index in [9.17, 15) is 4.79 Å². The summed E-state index contributed by atoms with van der Waals surface area (Å²) in [5, 5.41) is 4.29. The van der Waals surface area contributed by atoms with Crippen molar-refractivity contribution in [1.29, 1.82) is 0 Å². The Morgan fingerprint density at radius 1 is 0.971 bits per heavy atom.